The van der Waals surface area contributed by atoms with Crippen molar-refractivity contribution in [1.29, 1.82) is 0 Å². The van der Waals surface area contributed by atoms with E-state index >= 15 is 0 Å². The number of carbonyl (C=O) groups is 2. The third kappa shape index (κ3) is 2.85. The van der Waals surface area contributed by atoms with E-state index in [9.17, 15) is 14.7 Å². The van der Waals surface area contributed by atoms with Gasteiger partial charge in [-0.05, 0) is 18.4 Å². The molecule has 2 aliphatic heterocycles. The molecule has 2 aliphatic rings. The molecule has 6 nitrogen and oxygen atoms in total. The number of rotatable bonds is 4. The Kier molecular flexibility index (Phi) is 3.79. The summed E-state index contributed by atoms with van der Waals surface area (Å²) in [6.45, 7) is 0.159. The molecule has 0 aromatic heterocycles. The smallest absolute Gasteiger partial charge is 0.407 e. The van der Waals surface area contributed by atoms with E-state index in [1.54, 1.807) is 0 Å². The van der Waals surface area contributed by atoms with Crippen molar-refractivity contribution in [1.82, 2.24) is 5.32 Å². The van der Waals surface area contributed by atoms with Gasteiger partial charge in [-0.25, -0.2) is 4.79 Å². The van der Waals surface area contributed by atoms with Gasteiger partial charge in [-0.2, -0.15) is 0 Å². The van der Waals surface area contributed by atoms with Crippen molar-refractivity contribution in [2.45, 2.75) is 37.7 Å². The molecule has 6 heteroatoms. The van der Waals surface area contributed by atoms with Crippen LogP contribution in [0.25, 0.3) is 0 Å². The Morgan fingerprint density at radius 1 is 1.24 bits per heavy atom. The van der Waals surface area contributed by atoms with Crippen LogP contribution in [0.3, 0.4) is 0 Å². The van der Waals surface area contributed by atoms with Gasteiger partial charge in [0.1, 0.15) is 12.5 Å². The van der Waals surface area contributed by atoms with Crippen molar-refractivity contribution >= 4 is 12.1 Å². The molecule has 0 radical (unpaired) electrons. The third-order valence-corrected chi connectivity index (χ3v) is 4.06. The fourth-order valence-corrected chi connectivity index (χ4v) is 3.08. The Bertz CT molecular complexity index is 532. The van der Waals surface area contributed by atoms with Gasteiger partial charge in [-0.1, -0.05) is 30.3 Å². The highest BCUT2D eigenvalue weighted by Crippen LogP contribution is 2.39. The topological polar surface area (TPSA) is 84.9 Å². The molecule has 0 unspecified atom stereocenters. The molecule has 2 N–H and O–H groups in total. The number of carbonyl (C=O) groups excluding carboxylic acids is 1. The van der Waals surface area contributed by atoms with Gasteiger partial charge in [0, 0.05) is 0 Å². The van der Waals surface area contributed by atoms with Gasteiger partial charge in [-0.15, -0.1) is 0 Å². The number of benzene rings is 1. The second kappa shape index (κ2) is 5.73. The molecule has 112 valence electrons. The third-order valence-electron chi connectivity index (χ3n) is 4.06. The van der Waals surface area contributed by atoms with E-state index in [2.05, 4.69) is 5.32 Å². The van der Waals surface area contributed by atoms with E-state index < -0.39 is 24.0 Å². The fraction of sp³-hybridized carbons (Fsp3) is 0.467. The normalized spacial score (nSPS) is 30.1. The molecule has 2 bridgehead atoms. The average Bonchev–Trinajstić information content (AvgIpc) is 3.07. The van der Waals surface area contributed by atoms with Crippen molar-refractivity contribution in [3.05, 3.63) is 35.9 Å². The van der Waals surface area contributed by atoms with Crippen LogP contribution in [0.1, 0.15) is 18.4 Å². The van der Waals surface area contributed by atoms with Crippen molar-refractivity contribution in [3.63, 3.8) is 0 Å². The zero-order chi connectivity index (χ0) is 14.8. The highest BCUT2D eigenvalue weighted by Gasteiger charge is 2.53. The largest absolute Gasteiger partial charge is 0.481 e. The van der Waals surface area contributed by atoms with Crippen LogP contribution in [0, 0.1) is 5.92 Å². The van der Waals surface area contributed by atoms with E-state index in [1.807, 2.05) is 30.3 Å². The maximum absolute atomic E-state index is 11.8. The van der Waals surface area contributed by atoms with Crippen molar-refractivity contribution in [2.75, 3.05) is 0 Å². The van der Waals surface area contributed by atoms with Crippen LogP contribution >= 0.6 is 0 Å². The van der Waals surface area contributed by atoms with E-state index in [4.69, 9.17) is 9.47 Å². The van der Waals surface area contributed by atoms with E-state index in [0.717, 1.165) is 18.4 Å². The van der Waals surface area contributed by atoms with Crippen LogP contribution in [0.4, 0.5) is 4.79 Å². The van der Waals surface area contributed by atoms with Gasteiger partial charge in [0.2, 0.25) is 0 Å². The van der Waals surface area contributed by atoms with Gasteiger partial charge in [0.25, 0.3) is 0 Å². The lowest BCUT2D eigenvalue weighted by molar-refractivity contribution is -0.144. The van der Waals surface area contributed by atoms with Gasteiger partial charge in [0.05, 0.1) is 18.2 Å². The number of carboxylic acids is 1. The van der Waals surface area contributed by atoms with Crippen LogP contribution in [-0.4, -0.2) is 35.4 Å². The summed E-state index contributed by atoms with van der Waals surface area (Å²) < 4.78 is 10.7. The zero-order valence-corrected chi connectivity index (χ0v) is 11.4. The van der Waals surface area contributed by atoms with Crippen molar-refractivity contribution in [3.8, 4) is 0 Å². The number of amides is 1. The molecule has 21 heavy (non-hydrogen) atoms. The number of carboxylic acid groups (broad SMARTS) is 1. The lowest BCUT2D eigenvalue weighted by atomic mass is 9.84. The van der Waals surface area contributed by atoms with E-state index in [1.165, 1.54) is 0 Å². The minimum absolute atomic E-state index is 0.159. The summed E-state index contributed by atoms with van der Waals surface area (Å²) in [4.78, 5) is 23.1. The maximum atomic E-state index is 11.8. The molecule has 4 atom stereocenters. The Labute approximate surface area is 122 Å². The first-order valence-corrected chi connectivity index (χ1v) is 7.00. The van der Waals surface area contributed by atoms with Crippen molar-refractivity contribution in [2.24, 2.45) is 5.92 Å². The molecule has 3 rings (SSSR count). The Morgan fingerprint density at radius 2 is 1.95 bits per heavy atom. The SMILES string of the molecule is O=C(N[C@@H]1[C@H](C(=O)O)[C@H]2CC[C@@H]1O2)OCc1ccccc1. The van der Waals surface area contributed by atoms with Gasteiger partial charge >= 0.3 is 12.1 Å². The summed E-state index contributed by atoms with van der Waals surface area (Å²) in [6, 6.07) is 8.81. The van der Waals surface area contributed by atoms with Gasteiger partial charge < -0.3 is 19.9 Å². The summed E-state index contributed by atoms with van der Waals surface area (Å²) in [5.74, 6) is -1.62. The van der Waals surface area contributed by atoms with E-state index in [0.29, 0.717) is 0 Å². The number of aliphatic carboxylic acids is 1. The lowest BCUT2D eigenvalue weighted by Gasteiger charge is -2.25. The standard InChI is InChI=1S/C15H17NO5/c17-14(18)12-10-6-7-11(21-10)13(12)16-15(19)20-8-9-4-2-1-3-5-9/h1-5,10-13H,6-8H2,(H,16,19)(H,17,18)/t10-,11+,12-,13+/m1/s1. The molecule has 1 aromatic carbocycles. The lowest BCUT2D eigenvalue weighted by Crippen LogP contribution is -2.49. The minimum atomic E-state index is -0.935. The van der Waals surface area contributed by atoms with Gasteiger partial charge in [-0.3, -0.25) is 4.79 Å². The zero-order valence-electron chi connectivity index (χ0n) is 11.4. The second-order valence-electron chi connectivity index (χ2n) is 5.39. The van der Waals surface area contributed by atoms with Crippen LogP contribution in [0.15, 0.2) is 30.3 Å². The molecule has 2 saturated heterocycles. The number of hydrogen-bond donors (Lipinski definition) is 2. The predicted octanol–water partition coefficient (Wildman–Crippen LogP) is 1.54. The molecular formula is C15H17NO5. The van der Waals surface area contributed by atoms with Gasteiger partial charge in [0.15, 0.2) is 0 Å². The summed E-state index contributed by atoms with van der Waals surface area (Å²) in [5.41, 5.74) is 0.881. The Balaban J connectivity index is 1.56. The van der Waals surface area contributed by atoms with Crippen LogP contribution in [-0.2, 0) is 20.9 Å². The number of nitrogens with one attached hydrogen (secondary N) is 1. The number of ether oxygens (including phenoxy) is 2. The highest BCUT2D eigenvalue weighted by atomic mass is 16.6. The summed E-state index contributed by atoms with van der Waals surface area (Å²) >= 11 is 0. The first kappa shape index (κ1) is 13.9. The number of alkyl carbamates (subject to hydrolysis) is 1. The molecule has 0 spiro atoms. The van der Waals surface area contributed by atoms with Crippen LogP contribution in [0.2, 0.25) is 0 Å². The minimum Gasteiger partial charge on any atom is -0.481 e. The molecule has 1 amide bonds. The fourth-order valence-electron chi connectivity index (χ4n) is 3.08. The Morgan fingerprint density at radius 3 is 2.67 bits per heavy atom. The highest BCUT2D eigenvalue weighted by molar-refractivity contribution is 5.75. The number of hydrogen-bond acceptors (Lipinski definition) is 4. The predicted molar refractivity (Wildman–Crippen MR) is 72.6 cm³/mol. The molecule has 0 saturated carbocycles. The number of fused-ring (bicyclic) bond motifs is 2. The van der Waals surface area contributed by atoms with Crippen LogP contribution in [0.5, 0.6) is 0 Å². The molecule has 1 aromatic rings. The first-order chi connectivity index (χ1) is 10.1. The quantitative estimate of drug-likeness (QED) is 0.879. The van der Waals surface area contributed by atoms with Crippen LogP contribution < -0.4 is 5.32 Å². The molecular weight excluding hydrogens is 274 g/mol. The molecule has 2 fully saturated rings. The summed E-state index contributed by atoms with van der Waals surface area (Å²) in [7, 11) is 0. The van der Waals surface area contributed by atoms with Crippen molar-refractivity contribution < 1.29 is 24.2 Å². The summed E-state index contributed by atoms with van der Waals surface area (Å²) in [5, 5.41) is 11.9. The average molecular weight is 291 g/mol. The second-order valence-corrected chi connectivity index (χ2v) is 5.39. The summed E-state index contributed by atoms with van der Waals surface area (Å²) in [6.07, 6.45) is 0.385. The first-order valence-electron chi connectivity index (χ1n) is 7.00. The molecule has 2 heterocycles. The monoisotopic (exact) mass is 291 g/mol. The Hall–Kier alpha value is -2.08. The van der Waals surface area contributed by atoms with E-state index in [-0.39, 0.29) is 18.8 Å². The maximum Gasteiger partial charge on any atom is 0.407 e. The molecule has 0 aliphatic carbocycles.